The summed E-state index contributed by atoms with van der Waals surface area (Å²) < 4.78 is 7.25. The number of amides is 1. The summed E-state index contributed by atoms with van der Waals surface area (Å²) in [7, 11) is 1.83. The molecule has 2 aromatic heterocycles. The highest BCUT2D eigenvalue weighted by Gasteiger charge is 2.26. The molecule has 28 heavy (non-hydrogen) atoms. The number of nitrogens with zero attached hydrogens (tertiary/aromatic N) is 1. The third kappa shape index (κ3) is 3.40. The van der Waals surface area contributed by atoms with Gasteiger partial charge in [-0.25, -0.2) is 0 Å². The number of aryl methyl sites for hydroxylation is 3. The van der Waals surface area contributed by atoms with Crippen molar-refractivity contribution < 1.29 is 9.53 Å². The summed E-state index contributed by atoms with van der Waals surface area (Å²) in [6.45, 7) is 1.64. The SMILES string of the molecule is Cc1cc(=O)c(OCC(=O)N[C@@H]2CCCc3c2[nH]c2c(Cl)cccc32)cn1C. The van der Waals surface area contributed by atoms with E-state index in [9.17, 15) is 9.59 Å². The van der Waals surface area contributed by atoms with Crippen molar-refractivity contribution in [1.29, 1.82) is 0 Å². The third-order valence-corrected chi connectivity index (χ3v) is 5.65. The fourth-order valence-corrected chi connectivity index (χ4v) is 4.01. The number of halogens is 1. The zero-order valence-electron chi connectivity index (χ0n) is 15.8. The van der Waals surface area contributed by atoms with Crippen LogP contribution in [0.5, 0.6) is 5.75 Å². The standard InChI is InChI=1S/C21H22ClN3O3/c1-12-9-17(26)18(10-25(12)2)28-11-19(27)23-16-8-4-6-14-13-5-3-7-15(22)20(13)24-21(14)16/h3,5,7,9-10,16,24H,4,6,8,11H2,1-2H3,(H,23,27)/t16-/m1/s1. The first-order valence-electron chi connectivity index (χ1n) is 9.32. The predicted octanol–water partition coefficient (Wildman–Crippen LogP) is 3.40. The summed E-state index contributed by atoms with van der Waals surface area (Å²) in [6, 6.07) is 7.22. The van der Waals surface area contributed by atoms with Gasteiger partial charge in [0.15, 0.2) is 12.4 Å². The number of hydrogen-bond donors (Lipinski definition) is 2. The zero-order valence-corrected chi connectivity index (χ0v) is 16.6. The minimum Gasteiger partial charge on any atom is -0.478 e. The Hall–Kier alpha value is -2.73. The van der Waals surface area contributed by atoms with Crippen LogP contribution in [-0.4, -0.2) is 22.1 Å². The summed E-state index contributed by atoms with van der Waals surface area (Å²) in [6.07, 6.45) is 4.38. The van der Waals surface area contributed by atoms with Gasteiger partial charge in [-0.2, -0.15) is 0 Å². The molecule has 0 spiro atoms. The topological polar surface area (TPSA) is 76.1 Å². The normalized spacial score (nSPS) is 16.0. The van der Waals surface area contributed by atoms with Gasteiger partial charge < -0.3 is 19.6 Å². The van der Waals surface area contributed by atoms with Crippen molar-refractivity contribution in [3.05, 3.63) is 62.7 Å². The van der Waals surface area contributed by atoms with Gasteiger partial charge in [-0.05, 0) is 37.8 Å². The van der Waals surface area contributed by atoms with Crippen LogP contribution in [0.15, 0.2) is 35.3 Å². The van der Waals surface area contributed by atoms with E-state index >= 15 is 0 Å². The van der Waals surface area contributed by atoms with Gasteiger partial charge in [0.25, 0.3) is 5.91 Å². The highest BCUT2D eigenvalue weighted by atomic mass is 35.5. The highest BCUT2D eigenvalue weighted by Crippen LogP contribution is 2.36. The molecule has 7 heteroatoms. The van der Waals surface area contributed by atoms with Crippen LogP contribution in [0, 0.1) is 6.92 Å². The number of pyridine rings is 1. The second kappa shape index (κ2) is 7.36. The molecule has 0 saturated carbocycles. The maximum atomic E-state index is 12.5. The number of fused-ring (bicyclic) bond motifs is 3. The number of aromatic nitrogens is 2. The smallest absolute Gasteiger partial charge is 0.258 e. The summed E-state index contributed by atoms with van der Waals surface area (Å²) >= 11 is 6.32. The van der Waals surface area contributed by atoms with E-state index in [1.165, 1.54) is 11.6 Å². The molecule has 1 aliphatic rings. The van der Waals surface area contributed by atoms with Crippen molar-refractivity contribution >= 4 is 28.4 Å². The van der Waals surface area contributed by atoms with Crippen LogP contribution in [0.25, 0.3) is 10.9 Å². The lowest BCUT2D eigenvalue weighted by Crippen LogP contribution is -2.35. The quantitative estimate of drug-likeness (QED) is 0.706. The second-order valence-electron chi connectivity index (χ2n) is 7.23. The lowest BCUT2D eigenvalue weighted by atomic mass is 9.91. The largest absolute Gasteiger partial charge is 0.478 e. The molecule has 1 aliphatic carbocycles. The highest BCUT2D eigenvalue weighted by molar-refractivity contribution is 6.35. The van der Waals surface area contributed by atoms with Crippen LogP contribution >= 0.6 is 11.6 Å². The summed E-state index contributed by atoms with van der Waals surface area (Å²) in [4.78, 5) is 27.9. The van der Waals surface area contributed by atoms with Gasteiger partial charge >= 0.3 is 0 Å². The van der Waals surface area contributed by atoms with Gasteiger partial charge in [-0.1, -0.05) is 23.7 Å². The number of carbonyl (C=O) groups is 1. The van der Waals surface area contributed by atoms with Crippen LogP contribution < -0.4 is 15.5 Å². The number of nitrogens with one attached hydrogen (secondary N) is 2. The fourth-order valence-electron chi connectivity index (χ4n) is 3.79. The molecule has 0 bridgehead atoms. The van der Waals surface area contributed by atoms with Gasteiger partial charge in [0.05, 0.1) is 16.6 Å². The van der Waals surface area contributed by atoms with Crippen molar-refractivity contribution in [3.8, 4) is 5.75 Å². The maximum absolute atomic E-state index is 12.5. The van der Waals surface area contributed by atoms with Gasteiger partial charge in [0, 0.05) is 36.1 Å². The number of aromatic amines is 1. The molecule has 0 radical (unpaired) electrons. The van der Waals surface area contributed by atoms with Crippen LogP contribution in [0.2, 0.25) is 5.02 Å². The molecule has 0 fully saturated rings. The van der Waals surface area contributed by atoms with E-state index in [1.54, 1.807) is 10.8 Å². The molecule has 2 heterocycles. The molecule has 1 atom stereocenters. The van der Waals surface area contributed by atoms with Crippen molar-refractivity contribution in [2.75, 3.05) is 6.61 Å². The van der Waals surface area contributed by atoms with E-state index in [0.717, 1.165) is 41.6 Å². The van der Waals surface area contributed by atoms with Crippen LogP contribution in [0.3, 0.4) is 0 Å². The average molecular weight is 400 g/mol. The lowest BCUT2D eigenvalue weighted by Gasteiger charge is -2.23. The molecule has 6 nitrogen and oxygen atoms in total. The Morgan fingerprint density at radius 3 is 3.07 bits per heavy atom. The molecule has 3 aromatic rings. The van der Waals surface area contributed by atoms with Crippen molar-refractivity contribution in [2.24, 2.45) is 7.05 Å². The molecule has 0 unspecified atom stereocenters. The van der Waals surface area contributed by atoms with Gasteiger partial charge in [0.1, 0.15) is 0 Å². The van der Waals surface area contributed by atoms with Crippen LogP contribution in [0.4, 0.5) is 0 Å². The van der Waals surface area contributed by atoms with Gasteiger partial charge in [-0.15, -0.1) is 0 Å². The van der Waals surface area contributed by atoms with E-state index in [0.29, 0.717) is 5.02 Å². The lowest BCUT2D eigenvalue weighted by molar-refractivity contribution is -0.124. The maximum Gasteiger partial charge on any atom is 0.258 e. The number of benzene rings is 1. The van der Waals surface area contributed by atoms with E-state index in [4.69, 9.17) is 16.3 Å². The first-order chi connectivity index (χ1) is 13.4. The minimum atomic E-state index is -0.259. The second-order valence-corrected chi connectivity index (χ2v) is 7.64. The van der Waals surface area contributed by atoms with E-state index in [2.05, 4.69) is 16.4 Å². The summed E-state index contributed by atoms with van der Waals surface area (Å²) in [5.74, 6) is -0.0878. The van der Waals surface area contributed by atoms with E-state index < -0.39 is 0 Å². The number of carbonyl (C=O) groups excluding carboxylic acids is 1. The van der Waals surface area contributed by atoms with Crippen molar-refractivity contribution in [3.63, 3.8) is 0 Å². The number of ether oxygens (including phenoxy) is 1. The van der Waals surface area contributed by atoms with Gasteiger partial charge in [-0.3, -0.25) is 9.59 Å². The van der Waals surface area contributed by atoms with Gasteiger partial charge in [0.2, 0.25) is 5.43 Å². The molecule has 4 rings (SSSR count). The Bertz CT molecular complexity index is 1120. The Labute approximate surface area is 167 Å². The van der Waals surface area contributed by atoms with Crippen molar-refractivity contribution in [1.82, 2.24) is 14.9 Å². The summed E-state index contributed by atoms with van der Waals surface area (Å²) in [5, 5.41) is 4.81. The zero-order chi connectivity index (χ0) is 19.8. The van der Waals surface area contributed by atoms with Crippen molar-refractivity contribution in [2.45, 2.75) is 32.2 Å². The number of H-pyrrole nitrogens is 1. The Morgan fingerprint density at radius 2 is 2.25 bits per heavy atom. The molecule has 1 aromatic carbocycles. The first kappa shape index (κ1) is 18.6. The molecule has 1 amide bonds. The Kier molecular flexibility index (Phi) is 4.89. The molecule has 0 saturated heterocycles. The first-order valence-corrected chi connectivity index (χ1v) is 9.70. The molecule has 2 N–H and O–H groups in total. The van der Waals surface area contributed by atoms with Crippen LogP contribution in [-0.2, 0) is 18.3 Å². The minimum absolute atomic E-state index is 0.121. The molecule has 0 aliphatic heterocycles. The average Bonchev–Trinajstić information content (AvgIpc) is 3.05. The number of para-hydroxylation sites is 1. The summed E-state index contributed by atoms with van der Waals surface area (Å²) in [5.41, 5.74) is 3.73. The Balaban J connectivity index is 1.49. The third-order valence-electron chi connectivity index (χ3n) is 5.34. The monoisotopic (exact) mass is 399 g/mol. The fraction of sp³-hybridized carbons (Fsp3) is 0.333. The van der Waals surface area contributed by atoms with E-state index in [1.807, 2.05) is 26.1 Å². The molecule has 146 valence electrons. The van der Waals surface area contributed by atoms with Crippen LogP contribution in [0.1, 0.15) is 35.8 Å². The number of rotatable bonds is 4. The number of hydrogen-bond acceptors (Lipinski definition) is 3. The Morgan fingerprint density at radius 1 is 1.43 bits per heavy atom. The predicted molar refractivity (Wildman–Crippen MR) is 109 cm³/mol. The van der Waals surface area contributed by atoms with E-state index in [-0.39, 0.29) is 29.7 Å². The molecular formula is C21H22ClN3O3. The molecular weight excluding hydrogens is 378 g/mol.